The third-order valence-electron chi connectivity index (χ3n) is 4.62. The highest BCUT2D eigenvalue weighted by Crippen LogP contribution is 2.38. The van der Waals surface area contributed by atoms with E-state index in [1.807, 2.05) is 23.1 Å². The first-order chi connectivity index (χ1) is 11.7. The Kier molecular flexibility index (Phi) is 3.76. The van der Waals surface area contributed by atoms with Gasteiger partial charge in [0.25, 0.3) is 5.91 Å². The molecule has 2 heterocycles. The molecule has 4 rings (SSSR count). The second-order valence-corrected chi connectivity index (χ2v) is 6.18. The van der Waals surface area contributed by atoms with Crippen LogP contribution in [-0.2, 0) is 0 Å². The van der Waals surface area contributed by atoms with Crippen molar-refractivity contribution in [2.45, 2.75) is 18.9 Å². The smallest absolute Gasteiger partial charge is 0.254 e. The number of ether oxygens (including phenoxy) is 2. The van der Waals surface area contributed by atoms with Crippen molar-refractivity contribution in [3.63, 3.8) is 0 Å². The number of rotatable bonds is 2. The van der Waals surface area contributed by atoms with Crippen LogP contribution in [0.1, 0.15) is 34.8 Å². The van der Waals surface area contributed by atoms with Gasteiger partial charge in [0.1, 0.15) is 13.2 Å². The van der Waals surface area contributed by atoms with Gasteiger partial charge in [-0.3, -0.25) is 4.79 Å². The average Bonchev–Trinajstić information content (AvgIpc) is 3.11. The predicted octanol–water partition coefficient (Wildman–Crippen LogP) is 3.02. The second-order valence-electron chi connectivity index (χ2n) is 6.18. The number of hydrogen-bond acceptors (Lipinski definition) is 4. The van der Waals surface area contributed by atoms with E-state index in [0.717, 1.165) is 36.4 Å². The number of nitrogens with two attached hydrogens (primary N) is 1. The molecule has 1 saturated heterocycles. The summed E-state index contributed by atoms with van der Waals surface area (Å²) in [5.74, 6) is 1.59. The highest BCUT2D eigenvalue weighted by molar-refractivity contribution is 5.95. The van der Waals surface area contributed by atoms with Crippen LogP contribution >= 0.6 is 0 Å². The molecule has 0 aromatic heterocycles. The molecular formula is C19H20N2O3. The molecule has 2 aromatic rings. The third kappa shape index (κ3) is 2.66. The largest absolute Gasteiger partial charge is 0.486 e. The van der Waals surface area contributed by atoms with Gasteiger partial charge < -0.3 is 20.1 Å². The quantitative estimate of drug-likeness (QED) is 0.863. The van der Waals surface area contributed by atoms with Crippen LogP contribution in [0.3, 0.4) is 0 Å². The summed E-state index contributed by atoms with van der Waals surface area (Å²) in [7, 11) is 0. The summed E-state index contributed by atoms with van der Waals surface area (Å²) in [6.45, 7) is 1.91. The number of nitrogens with zero attached hydrogens (tertiary/aromatic N) is 1. The van der Waals surface area contributed by atoms with Gasteiger partial charge in [-0.2, -0.15) is 0 Å². The molecule has 5 heteroatoms. The van der Waals surface area contributed by atoms with Crippen LogP contribution in [0.2, 0.25) is 0 Å². The average molecular weight is 324 g/mol. The van der Waals surface area contributed by atoms with Gasteiger partial charge in [-0.25, -0.2) is 0 Å². The standard InChI is InChI=1S/C19H20N2O3/c20-15-6-3-13(4-7-15)19(22)21-9-1-2-16(21)14-5-8-17-18(12-14)24-11-10-23-17/h3-8,12,16H,1-2,9-11,20H2. The topological polar surface area (TPSA) is 64.8 Å². The molecule has 1 atom stereocenters. The van der Waals surface area contributed by atoms with Gasteiger partial charge in [0.15, 0.2) is 11.5 Å². The molecule has 2 aromatic carbocycles. The minimum Gasteiger partial charge on any atom is -0.486 e. The van der Waals surface area contributed by atoms with E-state index in [9.17, 15) is 4.79 Å². The van der Waals surface area contributed by atoms with Gasteiger partial charge in [-0.1, -0.05) is 6.07 Å². The predicted molar refractivity (Wildman–Crippen MR) is 91.3 cm³/mol. The summed E-state index contributed by atoms with van der Waals surface area (Å²) in [4.78, 5) is 14.8. The Hall–Kier alpha value is -2.69. The third-order valence-corrected chi connectivity index (χ3v) is 4.62. The summed E-state index contributed by atoms with van der Waals surface area (Å²) < 4.78 is 11.3. The van der Waals surface area contributed by atoms with Crippen LogP contribution in [0.4, 0.5) is 5.69 Å². The van der Waals surface area contributed by atoms with Gasteiger partial charge in [-0.15, -0.1) is 0 Å². The van der Waals surface area contributed by atoms with Crippen molar-refractivity contribution in [2.24, 2.45) is 0 Å². The van der Waals surface area contributed by atoms with E-state index in [1.54, 1.807) is 24.3 Å². The first-order valence-electron chi connectivity index (χ1n) is 8.28. The van der Waals surface area contributed by atoms with Gasteiger partial charge in [0, 0.05) is 17.8 Å². The van der Waals surface area contributed by atoms with Crippen molar-refractivity contribution in [1.82, 2.24) is 4.90 Å². The summed E-state index contributed by atoms with van der Waals surface area (Å²) >= 11 is 0. The van der Waals surface area contributed by atoms with Crippen LogP contribution in [-0.4, -0.2) is 30.6 Å². The Balaban J connectivity index is 1.60. The molecule has 0 spiro atoms. The molecule has 1 unspecified atom stereocenters. The summed E-state index contributed by atoms with van der Waals surface area (Å²) in [5, 5.41) is 0. The molecule has 1 amide bonds. The van der Waals surface area contributed by atoms with Gasteiger partial charge in [-0.05, 0) is 54.8 Å². The first kappa shape index (κ1) is 14.9. The first-order valence-corrected chi connectivity index (χ1v) is 8.28. The fourth-order valence-corrected chi connectivity index (χ4v) is 3.42. The highest BCUT2D eigenvalue weighted by Gasteiger charge is 2.31. The minimum atomic E-state index is 0.0485. The van der Waals surface area contributed by atoms with Crippen LogP contribution in [0.5, 0.6) is 11.5 Å². The summed E-state index contributed by atoms with van der Waals surface area (Å²) in [5.41, 5.74) is 8.15. The van der Waals surface area contributed by atoms with E-state index in [4.69, 9.17) is 15.2 Å². The van der Waals surface area contributed by atoms with Crippen molar-refractivity contribution in [3.8, 4) is 11.5 Å². The number of nitrogen functional groups attached to an aromatic ring is 1. The van der Waals surface area contributed by atoms with Gasteiger partial charge in [0.2, 0.25) is 0 Å². The molecule has 124 valence electrons. The number of anilines is 1. The van der Waals surface area contributed by atoms with E-state index in [-0.39, 0.29) is 11.9 Å². The molecule has 0 aliphatic carbocycles. The second kappa shape index (κ2) is 6.07. The maximum absolute atomic E-state index is 12.9. The highest BCUT2D eigenvalue weighted by atomic mass is 16.6. The number of carbonyl (C=O) groups excluding carboxylic acids is 1. The SMILES string of the molecule is Nc1ccc(C(=O)N2CCCC2c2ccc3c(c2)OCCO3)cc1. The normalized spacial score (nSPS) is 19.3. The lowest BCUT2D eigenvalue weighted by molar-refractivity contribution is 0.0735. The van der Waals surface area contributed by atoms with E-state index in [0.29, 0.717) is 24.5 Å². The number of hydrogen-bond donors (Lipinski definition) is 1. The molecule has 5 nitrogen and oxygen atoms in total. The maximum atomic E-state index is 12.9. The van der Waals surface area contributed by atoms with Crippen LogP contribution in [0, 0.1) is 0 Å². The van der Waals surface area contributed by atoms with E-state index in [1.165, 1.54) is 0 Å². The number of fused-ring (bicyclic) bond motifs is 1. The molecule has 0 radical (unpaired) electrons. The molecular weight excluding hydrogens is 304 g/mol. The van der Waals surface area contributed by atoms with Crippen molar-refractivity contribution in [3.05, 3.63) is 53.6 Å². The molecule has 2 N–H and O–H groups in total. The monoisotopic (exact) mass is 324 g/mol. The van der Waals surface area contributed by atoms with Crippen LogP contribution in [0.25, 0.3) is 0 Å². The lowest BCUT2D eigenvalue weighted by atomic mass is 10.0. The van der Waals surface area contributed by atoms with Crippen LogP contribution < -0.4 is 15.2 Å². The van der Waals surface area contributed by atoms with E-state index in [2.05, 4.69) is 0 Å². The molecule has 2 aliphatic rings. The Bertz CT molecular complexity index is 758. The van der Waals surface area contributed by atoms with Crippen molar-refractivity contribution < 1.29 is 14.3 Å². The zero-order valence-electron chi connectivity index (χ0n) is 13.4. The molecule has 0 bridgehead atoms. The number of carbonyl (C=O) groups is 1. The van der Waals surface area contributed by atoms with Crippen molar-refractivity contribution in [2.75, 3.05) is 25.5 Å². The summed E-state index contributed by atoms with van der Waals surface area (Å²) in [6, 6.07) is 13.2. The fourth-order valence-electron chi connectivity index (χ4n) is 3.42. The Morgan fingerprint density at radius 2 is 1.79 bits per heavy atom. The fraction of sp³-hybridized carbons (Fsp3) is 0.316. The molecule has 2 aliphatic heterocycles. The molecule has 1 fully saturated rings. The number of benzene rings is 2. The summed E-state index contributed by atoms with van der Waals surface area (Å²) in [6.07, 6.45) is 1.96. The number of likely N-dealkylation sites (tertiary alicyclic amines) is 1. The zero-order chi connectivity index (χ0) is 16.5. The maximum Gasteiger partial charge on any atom is 0.254 e. The van der Waals surface area contributed by atoms with E-state index >= 15 is 0 Å². The molecule has 24 heavy (non-hydrogen) atoms. The zero-order valence-corrected chi connectivity index (χ0v) is 13.4. The van der Waals surface area contributed by atoms with Crippen LogP contribution in [0.15, 0.2) is 42.5 Å². The molecule has 0 saturated carbocycles. The van der Waals surface area contributed by atoms with E-state index < -0.39 is 0 Å². The number of amides is 1. The minimum absolute atomic E-state index is 0.0485. The Morgan fingerprint density at radius 1 is 1.04 bits per heavy atom. The Morgan fingerprint density at radius 3 is 2.58 bits per heavy atom. The van der Waals surface area contributed by atoms with Gasteiger partial charge in [0.05, 0.1) is 6.04 Å². The van der Waals surface area contributed by atoms with Crippen molar-refractivity contribution in [1.29, 1.82) is 0 Å². The lowest BCUT2D eigenvalue weighted by Crippen LogP contribution is -2.30. The van der Waals surface area contributed by atoms with Crippen molar-refractivity contribution >= 4 is 11.6 Å². The Labute approximate surface area is 141 Å². The van der Waals surface area contributed by atoms with Gasteiger partial charge >= 0.3 is 0 Å². The lowest BCUT2D eigenvalue weighted by Gasteiger charge is -2.27.